The van der Waals surface area contributed by atoms with Crippen LogP contribution in [0.5, 0.6) is 0 Å². The van der Waals surface area contributed by atoms with Crippen LogP contribution in [0.4, 0.5) is 23.3 Å². The van der Waals surface area contributed by atoms with Crippen molar-refractivity contribution in [3.8, 4) is 0 Å². The number of carbonyl (C=O) groups is 1. The van der Waals surface area contributed by atoms with E-state index in [0.717, 1.165) is 37.1 Å². The molecule has 0 aliphatic carbocycles. The fourth-order valence-corrected chi connectivity index (χ4v) is 5.19. The average Bonchev–Trinajstić information content (AvgIpc) is 3.32. The molecule has 0 radical (unpaired) electrons. The van der Waals surface area contributed by atoms with Gasteiger partial charge in [-0.05, 0) is 88.6 Å². The molecule has 0 spiro atoms. The maximum atomic E-state index is 12.9. The third-order valence-corrected chi connectivity index (χ3v) is 7.51. The van der Waals surface area contributed by atoms with Gasteiger partial charge in [-0.15, -0.1) is 6.58 Å². The molecule has 1 aliphatic rings. The van der Waals surface area contributed by atoms with Crippen molar-refractivity contribution in [2.24, 2.45) is 7.05 Å². The molecule has 214 valence electrons. The van der Waals surface area contributed by atoms with Crippen molar-refractivity contribution in [2.45, 2.75) is 38.2 Å². The van der Waals surface area contributed by atoms with Gasteiger partial charge in [-0.2, -0.15) is 4.98 Å². The summed E-state index contributed by atoms with van der Waals surface area (Å²) in [6.45, 7) is 9.47. The number of carbonyl (C=O) groups excluding carboxylic acids is 1. The number of aliphatic hydroxyl groups is 1. The summed E-state index contributed by atoms with van der Waals surface area (Å²) in [7, 11) is 4.22. The minimum Gasteiger partial charge on any atom is -0.384 e. The molecule has 1 fully saturated rings. The predicted octanol–water partition coefficient (Wildman–Crippen LogP) is 4.80. The Morgan fingerprint density at radius 3 is 2.66 bits per heavy atom. The molecule has 0 atom stereocenters. The van der Waals surface area contributed by atoms with Crippen LogP contribution in [0.15, 0.2) is 61.4 Å². The number of pyridine rings is 1. The largest absolute Gasteiger partial charge is 0.384 e. The molecule has 4 N–H and O–H groups in total. The number of piperidine rings is 1. The zero-order valence-electron chi connectivity index (χ0n) is 24.1. The lowest BCUT2D eigenvalue weighted by molar-refractivity contribution is 0.0740. The number of aryl methyl sites for hydroxylation is 1. The predicted molar refractivity (Wildman–Crippen MR) is 163 cm³/mol. The minimum atomic E-state index is -1.12. The zero-order chi connectivity index (χ0) is 29.1. The number of nitrogens with one attached hydrogen (secondary N) is 3. The molecular formula is C31H38N8O2. The molecule has 1 amide bonds. The second-order valence-corrected chi connectivity index (χ2v) is 11.2. The number of amides is 1. The number of anilines is 4. The Bertz CT molecular complexity index is 1560. The molecule has 0 unspecified atom stereocenters. The molecular weight excluding hydrogens is 516 g/mol. The van der Waals surface area contributed by atoms with Crippen LogP contribution in [0.25, 0.3) is 10.9 Å². The van der Waals surface area contributed by atoms with Crippen LogP contribution in [0, 0.1) is 0 Å². The SMILES string of the molecule is C=CCNC(=O)c1cnc(Nc2cc(C3CCN(C)CC3)c3ccn(C)c3c2)nc1Nc1cccc(C(C)(C)O)n1. The Morgan fingerprint density at radius 1 is 1.15 bits per heavy atom. The van der Waals surface area contributed by atoms with Crippen molar-refractivity contribution in [1.29, 1.82) is 0 Å². The van der Waals surface area contributed by atoms with E-state index in [1.807, 2.05) is 0 Å². The maximum Gasteiger partial charge on any atom is 0.256 e. The third-order valence-electron chi connectivity index (χ3n) is 7.51. The van der Waals surface area contributed by atoms with Gasteiger partial charge in [0, 0.05) is 37.1 Å². The molecule has 5 rings (SSSR count). The van der Waals surface area contributed by atoms with Crippen LogP contribution in [0.3, 0.4) is 0 Å². The number of benzene rings is 1. The lowest BCUT2D eigenvalue weighted by atomic mass is 9.87. The molecule has 4 aromatic rings. The Morgan fingerprint density at radius 2 is 1.93 bits per heavy atom. The van der Waals surface area contributed by atoms with E-state index in [0.29, 0.717) is 35.7 Å². The molecule has 1 aromatic carbocycles. The summed E-state index contributed by atoms with van der Waals surface area (Å²) in [5, 5.41) is 21.0. The van der Waals surface area contributed by atoms with E-state index in [4.69, 9.17) is 4.98 Å². The first-order chi connectivity index (χ1) is 19.6. The second-order valence-electron chi connectivity index (χ2n) is 11.2. The van der Waals surface area contributed by atoms with E-state index >= 15 is 0 Å². The molecule has 0 saturated carbocycles. The molecule has 1 saturated heterocycles. The molecule has 1 aliphatic heterocycles. The molecule has 41 heavy (non-hydrogen) atoms. The fraction of sp³-hybridized carbons (Fsp3) is 0.355. The van der Waals surface area contributed by atoms with Gasteiger partial charge in [0.05, 0.1) is 11.2 Å². The van der Waals surface area contributed by atoms with Gasteiger partial charge in [0.15, 0.2) is 0 Å². The third kappa shape index (κ3) is 6.39. The second kappa shape index (κ2) is 11.7. The van der Waals surface area contributed by atoms with Crippen LogP contribution >= 0.6 is 0 Å². The van der Waals surface area contributed by atoms with Crippen molar-refractivity contribution >= 4 is 40.1 Å². The van der Waals surface area contributed by atoms with Gasteiger partial charge in [0.2, 0.25) is 5.95 Å². The molecule has 4 heterocycles. The highest BCUT2D eigenvalue weighted by Crippen LogP contribution is 2.36. The number of fused-ring (bicyclic) bond motifs is 1. The van der Waals surface area contributed by atoms with Crippen molar-refractivity contribution in [3.05, 3.63) is 78.3 Å². The van der Waals surface area contributed by atoms with Crippen molar-refractivity contribution < 1.29 is 9.90 Å². The van der Waals surface area contributed by atoms with Gasteiger partial charge in [-0.1, -0.05) is 12.1 Å². The van der Waals surface area contributed by atoms with Gasteiger partial charge >= 0.3 is 0 Å². The Kier molecular flexibility index (Phi) is 8.05. The molecule has 3 aromatic heterocycles. The first kappa shape index (κ1) is 28.3. The van der Waals surface area contributed by atoms with Crippen LogP contribution in [0.2, 0.25) is 0 Å². The summed E-state index contributed by atoms with van der Waals surface area (Å²) in [5.74, 6) is 1.21. The summed E-state index contributed by atoms with van der Waals surface area (Å²) in [6.07, 6.45) is 7.42. The van der Waals surface area contributed by atoms with Crippen molar-refractivity contribution in [2.75, 3.05) is 37.3 Å². The van der Waals surface area contributed by atoms with E-state index in [2.05, 4.69) is 80.5 Å². The lowest BCUT2D eigenvalue weighted by Crippen LogP contribution is -2.29. The Hall–Kier alpha value is -4.28. The van der Waals surface area contributed by atoms with E-state index in [1.54, 1.807) is 38.1 Å². The minimum absolute atomic E-state index is 0.262. The van der Waals surface area contributed by atoms with E-state index in [1.165, 1.54) is 17.1 Å². The summed E-state index contributed by atoms with van der Waals surface area (Å²) < 4.78 is 2.13. The quantitative estimate of drug-likeness (QED) is 0.218. The highest BCUT2D eigenvalue weighted by molar-refractivity contribution is 5.99. The summed E-state index contributed by atoms with van der Waals surface area (Å²) in [4.78, 5) is 29.0. The normalized spacial score (nSPS) is 14.7. The summed E-state index contributed by atoms with van der Waals surface area (Å²) in [6, 6.07) is 11.8. The van der Waals surface area contributed by atoms with E-state index in [9.17, 15) is 9.90 Å². The van der Waals surface area contributed by atoms with Crippen LogP contribution in [0.1, 0.15) is 54.2 Å². The van der Waals surface area contributed by atoms with E-state index in [-0.39, 0.29) is 11.5 Å². The Balaban J connectivity index is 1.50. The van der Waals surface area contributed by atoms with Gasteiger partial charge < -0.3 is 30.5 Å². The lowest BCUT2D eigenvalue weighted by Gasteiger charge is -2.30. The van der Waals surface area contributed by atoms with Gasteiger partial charge in [0.25, 0.3) is 5.91 Å². The number of hydrogen-bond donors (Lipinski definition) is 4. The monoisotopic (exact) mass is 554 g/mol. The Labute approximate surface area is 240 Å². The first-order valence-corrected chi connectivity index (χ1v) is 13.9. The molecule has 10 heteroatoms. The number of nitrogens with zero attached hydrogens (tertiary/aromatic N) is 5. The number of rotatable bonds is 9. The molecule has 10 nitrogen and oxygen atoms in total. The van der Waals surface area contributed by atoms with E-state index < -0.39 is 5.60 Å². The van der Waals surface area contributed by atoms with Gasteiger partial charge in [0.1, 0.15) is 22.8 Å². The molecule has 0 bridgehead atoms. The number of hydrogen-bond acceptors (Lipinski definition) is 8. The number of aromatic nitrogens is 4. The first-order valence-electron chi connectivity index (χ1n) is 13.9. The zero-order valence-corrected chi connectivity index (χ0v) is 24.1. The number of likely N-dealkylation sites (tertiary alicyclic amines) is 1. The standard InChI is InChI=1S/C31H38N8O2/c1-6-13-32-29(40)24-19-33-30(37-28(24)36-27-9-7-8-26(35-27)31(2,3)41)34-21-17-23(20-10-14-38(4)15-11-20)22-12-16-39(5)25(22)18-21/h6-9,12,16-20,41H,1,10-11,13-15H2,2-5H3,(H,32,40)(H2,33,34,35,36,37). The smallest absolute Gasteiger partial charge is 0.256 e. The van der Waals surface area contributed by atoms with Gasteiger partial charge in [-0.25, -0.2) is 9.97 Å². The van der Waals surface area contributed by atoms with Crippen molar-refractivity contribution in [1.82, 2.24) is 29.7 Å². The van der Waals surface area contributed by atoms with Crippen LogP contribution < -0.4 is 16.0 Å². The van der Waals surface area contributed by atoms with Crippen LogP contribution in [-0.4, -0.2) is 62.1 Å². The summed E-state index contributed by atoms with van der Waals surface area (Å²) in [5.41, 5.74) is 2.97. The highest BCUT2D eigenvalue weighted by atomic mass is 16.3. The maximum absolute atomic E-state index is 12.9. The fourth-order valence-electron chi connectivity index (χ4n) is 5.19. The van der Waals surface area contributed by atoms with Crippen molar-refractivity contribution in [3.63, 3.8) is 0 Å². The van der Waals surface area contributed by atoms with Gasteiger partial charge in [-0.3, -0.25) is 4.79 Å². The highest BCUT2D eigenvalue weighted by Gasteiger charge is 2.23. The van der Waals surface area contributed by atoms with Crippen LogP contribution in [-0.2, 0) is 12.6 Å². The summed E-state index contributed by atoms with van der Waals surface area (Å²) >= 11 is 0. The topological polar surface area (TPSA) is 120 Å². The average molecular weight is 555 g/mol.